The van der Waals surface area contributed by atoms with Crippen LogP contribution in [0.5, 0.6) is 0 Å². The highest BCUT2D eigenvalue weighted by molar-refractivity contribution is 4.79. The van der Waals surface area contributed by atoms with E-state index in [1.165, 1.54) is 32.7 Å². The molecule has 0 atom stereocenters. The Morgan fingerprint density at radius 1 is 1.06 bits per heavy atom. The van der Waals surface area contributed by atoms with E-state index in [-0.39, 0.29) is 5.41 Å². The maximum Gasteiger partial charge on any atom is 0.0110 e. The topological polar surface area (TPSA) is 32.5 Å². The van der Waals surface area contributed by atoms with E-state index in [1.807, 2.05) is 0 Å². The monoisotopic (exact) mass is 227 g/mol. The van der Waals surface area contributed by atoms with Crippen molar-refractivity contribution in [2.24, 2.45) is 17.1 Å². The van der Waals surface area contributed by atoms with Crippen LogP contribution in [0.15, 0.2) is 0 Å². The number of hydrogen-bond donors (Lipinski definition) is 1. The highest BCUT2D eigenvalue weighted by Crippen LogP contribution is 2.16. The molecule has 0 spiro atoms. The molecule has 0 aromatic carbocycles. The van der Waals surface area contributed by atoms with Gasteiger partial charge in [0.25, 0.3) is 0 Å². The van der Waals surface area contributed by atoms with Gasteiger partial charge in [-0.15, -0.1) is 0 Å². The molecule has 1 fully saturated rings. The first-order chi connectivity index (χ1) is 7.43. The molecular formula is C13H29N3. The third kappa shape index (κ3) is 4.81. The van der Waals surface area contributed by atoms with Gasteiger partial charge in [-0.3, -0.25) is 0 Å². The molecule has 1 rings (SSSR count). The molecule has 3 nitrogen and oxygen atoms in total. The van der Waals surface area contributed by atoms with Crippen molar-refractivity contribution in [2.45, 2.75) is 27.7 Å². The fourth-order valence-corrected chi connectivity index (χ4v) is 2.32. The summed E-state index contributed by atoms with van der Waals surface area (Å²) in [6, 6.07) is 0. The van der Waals surface area contributed by atoms with Crippen molar-refractivity contribution in [3.63, 3.8) is 0 Å². The lowest BCUT2D eigenvalue weighted by Crippen LogP contribution is -2.50. The SMILES string of the molecule is CC(C)CN1CCN(CC(C)(C)CN)CC1. The molecule has 0 bridgehead atoms. The molecule has 1 aliphatic heterocycles. The Bertz CT molecular complexity index is 193. The van der Waals surface area contributed by atoms with E-state index in [2.05, 4.69) is 37.5 Å². The second-order valence-corrected chi connectivity index (χ2v) is 6.34. The average molecular weight is 227 g/mol. The molecular weight excluding hydrogens is 198 g/mol. The van der Waals surface area contributed by atoms with E-state index in [1.54, 1.807) is 0 Å². The first-order valence-electron chi connectivity index (χ1n) is 6.58. The fraction of sp³-hybridized carbons (Fsp3) is 1.00. The third-order valence-electron chi connectivity index (χ3n) is 3.29. The normalized spacial score (nSPS) is 20.6. The third-order valence-corrected chi connectivity index (χ3v) is 3.29. The predicted molar refractivity (Wildman–Crippen MR) is 70.6 cm³/mol. The Morgan fingerprint density at radius 2 is 1.56 bits per heavy atom. The van der Waals surface area contributed by atoms with E-state index >= 15 is 0 Å². The second kappa shape index (κ2) is 5.99. The lowest BCUT2D eigenvalue weighted by Gasteiger charge is -2.39. The van der Waals surface area contributed by atoms with Gasteiger partial charge in [-0.2, -0.15) is 0 Å². The number of piperazine rings is 1. The Balaban J connectivity index is 2.27. The van der Waals surface area contributed by atoms with Crippen molar-refractivity contribution in [2.75, 3.05) is 45.8 Å². The zero-order valence-corrected chi connectivity index (χ0v) is 11.5. The molecule has 1 aliphatic rings. The van der Waals surface area contributed by atoms with Gasteiger partial charge < -0.3 is 15.5 Å². The van der Waals surface area contributed by atoms with Gasteiger partial charge in [0, 0.05) is 39.3 Å². The summed E-state index contributed by atoms with van der Waals surface area (Å²) < 4.78 is 0. The van der Waals surface area contributed by atoms with E-state index in [4.69, 9.17) is 5.73 Å². The molecule has 0 radical (unpaired) electrons. The Kier molecular flexibility index (Phi) is 5.22. The van der Waals surface area contributed by atoms with Gasteiger partial charge in [0.1, 0.15) is 0 Å². The molecule has 0 amide bonds. The van der Waals surface area contributed by atoms with Gasteiger partial charge in [-0.1, -0.05) is 27.7 Å². The Labute approximate surface area is 101 Å². The van der Waals surface area contributed by atoms with Crippen LogP contribution in [0.1, 0.15) is 27.7 Å². The molecule has 0 unspecified atom stereocenters. The second-order valence-electron chi connectivity index (χ2n) is 6.34. The van der Waals surface area contributed by atoms with Crippen LogP contribution < -0.4 is 5.73 Å². The minimum atomic E-state index is 0.264. The van der Waals surface area contributed by atoms with Crippen LogP contribution in [0.4, 0.5) is 0 Å². The van der Waals surface area contributed by atoms with Crippen LogP contribution in [-0.2, 0) is 0 Å². The zero-order chi connectivity index (χ0) is 12.2. The lowest BCUT2D eigenvalue weighted by molar-refractivity contribution is 0.0927. The van der Waals surface area contributed by atoms with Crippen molar-refractivity contribution in [1.82, 2.24) is 9.80 Å². The Morgan fingerprint density at radius 3 is 2.00 bits per heavy atom. The van der Waals surface area contributed by atoms with Gasteiger partial charge in [0.2, 0.25) is 0 Å². The lowest BCUT2D eigenvalue weighted by atomic mass is 9.93. The van der Waals surface area contributed by atoms with E-state index < -0.39 is 0 Å². The number of nitrogens with zero attached hydrogens (tertiary/aromatic N) is 2. The van der Waals surface area contributed by atoms with Crippen molar-refractivity contribution >= 4 is 0 Å². The van der Waals surface area contributed by atoms with E-state index in [0.717, 1.165) is 19.0 Å². The summed E-state index contributed by atoms with van der Waals surface area (Å²) in [4.78, 5) is 5.14. The van der Waals surface area contributed by atoms with Crippen LogP contribution >= 0.6 is 0 Å². The number of hydrogen-bond acceptors (Lipinski definition) is 3. The molecule has 0 aromatic heterocycles. The van der Waals surface area contributed by atoms with Gasteiger partial charge >= 0.3 is 0 Å². The maximum atomic E-state index is 5.78. The molecule has 2 N–H and O–H groups in total. The molecule has 1 saturated heterocycles. The minimum absolute atomic E-state index is 0.264. The largest absolute Gasteiger partial charge is 0.330 e. The smallest absolute Gasteiger partial charge is 0.0110 e. The van der Waals surface area contributed by atoms with Crippen LogP contribution in [-0.4, -0.2) is 55.6 Å². The van der Waals surface area contributed by atoms with Crippen LogP contribution in [0, 0.1) is 11.3 Å². The Hall–Kier alpha value is -0.120. The van der Waals surface area contributed by atoms with Crippen LogP contribution in [0.3, 0.4) is 0 Å². The average Bonchev–Trinajstić information content (AvgIpc) is 2.20. The molecule has 1 heterocycles. The molecule has 96 valence electrons. The zero-order valence-electron chi connectivity index (χ0n) is 11.5. The summed E-state index contributed by atoms with van der Waals surface area (Å²) >= 11 is 0. The number of nitrogens with two attached hydrogens (primary N) is 1. The molecule has 16 heavy (non-hydrogen) atoms. The van der Waals surface area contributed by atoms with Gasteiger partial charge in [-0.05, 0) is 17.9 Å². The first-order valence-corrected chi connectivity index (χ1v) is 6.58. The standard InChI is InChI=1S/C13H29N3/c1-12(2)9-15-5-7-16(8-6-15)11-13(3,4)10-14/h12H,5-11,14H2,1-4H3. The van der Waals surface area contributed by atoms with Crippen molar-refractivity contribution in [1.29, 1.82) is 0 Å². The summed E-state index contributed by atoms with van der Waals surface area (Å²) in [5.41, 5.74) is 6.04. The summed E-state index contributed by atoms with van der Waals surface area (Å²) in [5, 5.41) is 0. The van der Waals surface area contributed by atoms with Gasteiger partial charge in [-0.25, -0.2) is 0 Å². The minimum Gasteiger partial charge on any atom is -0.330 e. The first kappa shape index (κ1) is 13.9. The predicted octanol–water partition coefficient (Wildman–Crippen LogP) is 1.24. The highest BCUT2D eigenvalue weighted by atomic mass is 15.3. The molecule has 0 aromatic rings. The molecule has 0 aliphatic carbocycles. The van der Waals surface area contributed by atoms with Crippen LogP contribution in [0.2, 0.25) is 0 Å². The molecule has 0 saturated carbocycles. The van der Waals surface area contributed by atoms with Crippen LogP contribution in [0.25, 0.3) is 0 Å². The quantitative estimate of drug-likeness (QED) is 0.767. The highest BCUT2D eigenvalue weighted by Gasteiger charge is 2.23. The van der Waals surface area contributed by atoms with Crippen molar-refractivity contribution in [3.8, 4) is 0 Å². The summed E-state index contributed by atoms with van der Waals surface area (Å²) in [7, 11) is 0. The summed E-state index contributed by atoms with van der Waals surface area (Å²) in [5.74, 6) is 0.784. The maximum absolute atomic E-state index is 5.78. The van der Waals surface area contributed by atoms with Gasteiger partial charge in [0.15, 0.2) is 0 Å². The van der Waals surface area contributed by atoms with E-state index in [9.17, 15) is 0 Å². The summed E-state index contributed by atoms with van der Waals surface area (Å²) in [6.07, 6.45) is 0. The molecule has 3 heteroatoms. The van der Waals surface area contributed by atoms with E-state index in [0.29, 0.717) is 0 Å². The fourth-order valence-electron chi connectivity index (χ4n) is 2.32. The number of rotatable bonds is 5. The summed E-state index contributed by atoms with van der Waals surface area (Å²) in [6.45, 7) is 17.1. The van der Waals surface area contributed by atoms with Gasteiger partial charge in [0.05, 0.1) is 0 Å². The van der Waals surface area contributed by atoms with Crippen molar-refractivity contribution in [3.05, 3.63) is 0 Å². The van der Waals surface area contributed by atoms with Crippen molar-refractivity contribution < 1.29 is 0 Å².